The van der Waals surface area contributed by atoms with Crippen molar-refractivity contribution in [1.82, 2.24) is 4.98 Å². The highest BCUT2D eigenvalue weighted by atomic mass is 79.9. The van der Waals surface area contributed by atoms with Gasteiger partial charge in [-0.05, 0) is 37.5 Å². The highest BCUT2D eigenvalue weighted by Crippen LogP contribution is 2.31. The molecule has 0 bridgehead atoms. The summed E-state index contributed by atoms with van der Waals surface area (Å²) in [4.78, 5) is 4.41. The summed E-state index contributed by atoms with van der Waals surface area (Å²) in [5, 5.41) is 2.16. The van der Waals surface area contributed by atoms with Crippen LogP contribution in [0.15, 0.2) is 34.9 Å². The second kappa shape index (κ2) is 6.10. The Morgan fingerprint density at radius 3 is 2.85 bits per heavy atom. The van der Waals surface area contributed by atoms with E-state index in [0.717, 1.165) is 28.1 Å². The molecule has 3 nitrogen and oxygen atoms in total. The molecule has 1 aliphatic carbocycles. The molecule has 20 heavy (non-hydrogen) atoms. The Balaban J connectivity index is 1.92. The maximum atomic E-state index is 6.24. The molecule has 1 fully saturated rings. The monoisotopic (exact) mass is 334 g/mol. The van der Waals surface area contributed by atoms with Crippen LogP contribution in [-0.2, 0) is 0 Å². The summed E-state index contributed by atoms with van der Waals surface area (Å²) >= 11 is 3.57. The molecule has 0 aliphatic heterocycles. The van der Waals surface area contributed by atoms with Gasteiger partial charge in [-0.1, -0.05) is 34.8 Å². The standard InChI is InChI=1S/C16H19BrN2O/c17-13-6-4-5-12-11(13)9-10-19-16(12)20-15-8-3-1-2-7-14(15)18/h4-6,9-10,14-15H,1-3,7-8,18H2. The van der Waals surface area contributed by atoms with Gasteiger partial charge in [0.15, 0.2) is 0 Å². The minimum Gasteiger partial charge on any atom is -0.472 e. The molecule has 0 radical (unpaired) electrons. The Bertz CT molecular complexity index is 602. The zero-order chi connectivity index (χ0) is 13.9. The van der Waals surface area contributed by atoms with Crippen LogP contribution in [0.4, 0.5) is 0 Å². The van der Waals surface area contributed by atoms with Gasteiger partial charge in [0.25, 0.3) is 0 Å². The molecule has 2 N–H and O–H groups in total. The van der Waals surface area contributed by atoms with E-state index in [1.54, 1.807) is 6.20 Å². The number of fused-ring (bicyclic) bond motifs is 1. The summed E-state index contributed by atoms with van der Waals surface area (Å²) in [5.74, 6) is 0.700. The van der Waals surface area contributed by atoms with E-state index < -0.39 is 0 Å². The summed E-state index contributed by atoms with van der Waals surface area (Å²) in [6, 6.07) is 8.20. The number of ether oxygens (including phenoxy) is 1. The maximum absolute atomic E-state index is 6.24. The van der Waals surface area contributed by atoms with Crippen LogP contribution in [0.3, 0.4) is 0 Å². The second-order valence-corrected chi connectivity index (χ2v) is 6.26. The highest BCUT2D eigenvalue weighted by molar-refractivity contribution is 9.10. The van der Waals surface area contributed by atoms with Crippen LogP contribution in [0.25, 0.3) is 10.8 Å². The molecule has 2 unspecified atom stereocenters. The topological polar surface area (TPSA) is 48.1 Å². The molecule has 2 atom stereocenters. The summed E-state index contributed by atoms with van der Waals surface area (Å²) < 4.78 is 7.22. The average Bonchev–Trinajstić information content (AvgIpc) is 2.65. The quantitative estimate of drug-likeness (QED) is 0.843. The first-order valence-corrected chi connectivity index (χ1v) is 8.00. The van der Waals surface area contributed by atoms with Crippen LogP contribution in [0.2, 0.25) is 0 Å². The smallest absolute Gasteiger partial charge is 0.221 e. The van der Waals surface area contributed by atoms with Crippen molar-refractivity contribution >= 4 is 26.7 Å². The van der Waals surface area contributed by atoms with Crippen molar-refractivity contribution in [3.63, 3.8) is 0 Å². The Hall–Kier alpha value is -1.13. The number of aromatic nitrogens is 1. The lowest BCUT2D eigenvalue weighted by Gasteiger charge is -2.23. The largest absolute Gasteiger partial charge is 0.472 e. The van der Waals surface area contributed by atoms with Gasteiger partial charge in [0.1, 0.15) is 6.10 Å². The van der Waals surface area contributed by atoms with E-state index in [9.17, 15) is 0 Å². The van der Waals surface area contributed by atoms with Crippen molar-refractivity contribution in [2.75, 3.05) is 0 Å². The van der Waals surface area contributed by atoms with E-state index >= 15 is 0 Å². The van der Waals surface area contributed by atoms with Gasteiger partial charge in [-0.15, -0.1) is 0 Å². The van der Waals surface area contributed by atoms with Crippen LogP contribution in [0, 0.1) is 0 Å². The number of halogens is 1. The van der Waals surface area contributed by atoms with Gasteiger partial charge in [-0.25, -0.2) is 4.98 Å². The minimum atomic E-state index is 0.0783. The highest BCUT2D eigenvalue weighted by Gasteiger charge is 2.23. The van der Waals surface area contributed by atoms with Crippen LogP contribution < -0.4 is 10.5 Å². The summed E-state index contributed by atoms with van der Waals surface area (Å²) in [6.45, 7) is 0. The van der Waals surface area contributed by atoms with Crippen LogP contribution in [0.5, 0.6) is 5.88 Å². The van der Waals surface area contributed by atoms with E-state index in [1.165, 1.54) is 19.3 Å². The fourth-order valence-corrected chi connectivity index (χ4v) is 3.33. The Morgan fingerprint density at radius 2 is 1.95 bits per heavy atom. The maximum Gasteiger partial charge on any atom is 0.221 e. The number of nitrogens with zero attached hydrogens (tertiary/aromatic N) is 1. The minimum absolute atomic E-state index is 0.0783. The molecule has 106 valence electrons. The van der Waals surface area contributed by atoms with E-state index in [2.05, 4.69) is 20.9 Å². The van der Waals surface area contributed by atoms with Gasteiger partial charge in [0.2, 0.25) is 5.88 Å². The number of benzene rings is 1. The first kappa shape index (κ1) is 13.8. The van der Waals surface area contributed by atoms with Crippen LogP contribution >= 0.6 is 15.9 Å². The fraction of sp³-hybridized carbons (Fsp3) is 0.438. The lowest BCUT2D eigenvalue weighted by molar-refractivity contribution is 0.158. The molecule has 3 rings (SSSR count). The molecular formula is C16H19BrN2O. The number of nitrogens with two attached hydrogens (primary N) is 1. The van der Waals surface area contributed by atoms with E-state index in [0.29, 0.717) is 5.88 Å². The fourth-order valence-electron chi connectivity index (χ4n) is 2.83. The summed E-state index contributed by atoms with van der Waals surface area (Å²) in [6.07, 6.45) is 7.58. The predicted octanol–water partition coefficient (Wildman–Crippen LogP) is 4.04. The van der Waals surface area contributed by atoms with Crippen molar-refractivity contribution in [3.8, 4) is 5.88 Å². The first-order valence-electron chi connectivity index (χ1n) is 7.21. The van der Waals surface area contributed by atoms with Gasteiger partial charge >= 0.3 is 0 Å². The molecule has 4 heteroatoms. The third-order valence-corrected chi connectivity index (χ3v) is 4.67. The molecule has 0 saturated heterocycles. The van der Waals surface area contributed by atoms with Crippen molar-refractivity contribution in [3.05, 3.63) is 34.9 Å². The van der Waals surface area contributed by atoms with E-state index in [1.807, 2.05) is 24.3 Å². The first-order chi connectivity index (χ1) is 9.75. The number of rotatable bonds is 2. The molecule has 1 saturated carbocycles. The van der Waals surface area contributed by atoms with Crippen molar-refractivity contribution in [1.29, 1.82) is 0 Å². The number of hydrogen-bond acceptors (Lipinski definition) is 3. The van der Waals surface area contributed by atoms with Gasteiger partial charge < -0.3 is 10.5 Å². The third-order valence-electron chi connectivity index (χ3n) is 3.98. The van der Waals surface area contributed by atoms with Gasteiger partial charge in [-0.2, -0.15) is 0 Å². The summed E-state index contributed by atoms with van der Waals surface area (Å²) in [5.41, 5.74) is 6.24. The lowest BCUT2D eigenvalue weighted by Crippen LogP contribution is -2.38. The lowest BCUT2D eigenvalue weighted by atomic mass is 10.1. The predicted molar refractivity (Wildman–Crippen MR) is 84.9 cm³/mol. The molecule has 1 aliphatic rings. The molecule has 1 aromatic heterocycles. The zero-order valence-electron chi connectivity index (χ0n) is 11.4. The molecule has 1 aromatic carbocycles. The Morgan fingerprint density at radius 1 is 1.10 bits per heavy atom. The van der Waals surface area contributed by atoms with Gasteiger partial charge in [-0.3, -0.25) is 0 Å². The van der Waals surface area contributed by atoms with E-state index in [4.69, 9.17) is 10.5 Å². The SMILES string of the molecule is NC1CCCCCC1Oc1nccc2c(Br)cccc12. The van der Waals surface area contributed by atoms with Crippen molar-refractivity contribution in [2.45, 2.75) is 44.2 Å². The normalized spacial score (nSPS) is 23.5. The van der Waals surface area contributed by atoms with Gasteiger partial charge in [0.05, 0.1) is 0 Å². The van der Waals surface area contributed by atoms with Crippen LogP contribution in [-0.4, -0.2) is 17.1 Å². The van der Waals surface area contributed by atoms with Gasteiger partial charge in [0, 0.05) is 27.5 Å². The van der Waals surface area contributed by atoms with Crippen molar-refractivity contribution < 1.29 is 4.74 Å². The molecule has 2 aromatic rings. The number of pyridine rings is 1. The molecular weight excluding hydrogens is 316 g/mol. The Kier molecular flexibility index (Phi) is 4.22. The van der Waals surface area contributed by atoms with Crippen molar-refractivity contribution in [2.24, 2.45) is 5.73 Å². The molecule has 0 amide bonds. The summed E-state index contributed by atoms with van der Waals surface area (Å²) in [7, 11) is 0. The Labute approximate surface area is 127 Å². The number of hydrogen-bond donors (Lipinski definition) is 1. The van der Waals surface area contributed by atoms with E-state index in [-0.39, 0.29) is 12.1 Å². The zero-order valence-corrected chi connectivity index (χ0v) is 13.0. The second-order valence-electron chi connectivity index (χ2n) is 5.41. The van der Waals surface area contributed by atoms with Crippen LogP contribution in [0.1, 0.15) is 32.1 Å². The molecule has 1 heterocycles. The average molecular weight is 335 g/mol. The third kappa shape index (κ3) is 2.81. The molecule has 0 spiro atoms.